The van der Waals surface area contributed by atoms with Crippen molar-refractivity contribution in [3.63, 3.8) is 0 Å². The minimum atomic E-state index is -2.37. The van der Waals surface area contributed by atoms with Crippen molar-refractivity contribution in [2.24, 2.45) is 5.73 Å². The van der Waals surface area contributed by atoms with Crippen LogP contribution in [0.1, 0.15) is 64.7 Å². The highest BCUT2D eigenvalue weighted by atomic mass is 19.3. The molecular weight excluding hydrogens is 236 g/mol. The van der Waals surface area contributed by atoms with Gasteiger partial charge < -0.3 is 10.5 Å². The summed E-state index contributed by atoms with van der Waals surface area (Å²) >= 11 is 0. The third-order valence-electron chi connectivity index (χ3n) is 3.06. The molecule has 0 saturated heterocycles. The summed E-state index contributed by atoms with van der Waals surface area (Å²) in [5, 5.41) is 0. The van der Waals surface area contributed by atoms with E-state index in [0.717, 1.165) is 12.8 Å². The van der Waals surface area contributed by atoms with E-state index in [-0.39, 0.29) is 6.04 Å². The van der Waals surface area contributed by atoms with Crippen molar-refractivity contribution in [1.82, 2.24) is 0 Å². The van der Waals surface area contributed by atoms with Crippen molar-refractivity contribution in [2.75, 3.05) is 13.2 Å². The zero-order valence-electron chi connectivity index (χ0n) is 11.7. The molecule has 0 aromatic rings. The monoisotopic (exact) mass is 265 g/mol. The molecule has 0 radical (unpaired) electrons. The van der Waals surface area contributed by atoms with Crippen LogP contribution in [0.3, 0.4) is 0 Å². The number of hydrogen-bond donors (Lipinski definition) is 1. The molecule has 2 nitrogen and oxygen atoms in total. The average molecular weight is 265 g/mol. The normalized spacial score (nSPS) is 13.2. The quantitative estimate of drug-likeness (QED) is 0.508. The standard InChI is InChI=1S/C14H29F2NO/c1-2-3-4-5-6-7-8-9-13(17)10-11-18-12-14(15)16/h13-14H,2-12,17H2,1H3. The van der Waals surface area contributed by atoms with Gasteiger partial charge in [-0.05, 0) is 12.8 Å². The van der Waals surface area contributed by atoms with Crippen LogP contribution in [-0.4, -0.2) is 25.7 Å². The van der Waals surface area contributed by atoms with E-state index in [9.17, 15) is 8.78 Å². The van der Waals surface area contributed by atoms with Crippen LogP contribution in [-0.2, 0) is 4.74 Å². The fourth-order valence-electron chi connectivity index (χ4n) is 1.92. The number of hydrogen-bond acceptors (Lipinski definition) is 2. The second-order valence-corrected chi connectivity index (χ2v) is 4.92. The summed E-state index contributed by atoms with van der Waals surface area (Å²) in [7, 11) is 0. The van der Waals surface area contributed by atoms with Crippen molar-refractivity contribution in [1.29, 1.82) is 0 Å². The number of alkyl halides is 2. The topological polar surface area (TPSA) is 35.2 Å². The lowest BCUT2D eigenvalue weighted by Gasteiger charge is -2.11. The molecule has 0 aliphatic carbocycles. The molecule has 0 aromatic carbocycles. The summed E-state index contributed by atoms with van der Waals surface area (Å²) in [6.45, 7) is 2.10. The number of rotatable bonds is 13. The first-order chi connectivity index (χ1) is 8.66. The first kappa shape index (κ1) is 17.8. The fourth-order valence-corrected chi connectivity index (χ4v) is 1.92. The van der Waals surface area contributed by atoms with E-state index in [2.05, 4.69) is 6.92 Å². The van der Waals surface area contributed by atoms with Crippen molar-refractivity contribution in [3.8, 4) is 0 Å². The molecule has 18 heavy (non-hydrogen) atoms. The van der Waals surface area contributed by atoms with Gasteiger partial charge in [0.2, 0.25) is 0 Å². The van der Waals surface area contributed by atoms with Crippen LogP contribution < -0.4 is 5.73 Å². The first-order valence-electron chi connectivity index (χ1n) is 7.28. The van der Waals surface area contributed by atoms with Crippen LogP contribution in [0.15, 0.2) is 0 Å². The van der Waals surface area contributed by atoms with Crippen molar-refractivity contribution in [3.05, 3.63) is 0 Å². The molecule has 2 N–H and O–H groups in total. The molecule has 1 unspecified atom stereocenters. The second kappa shape index (κ2) is 13.2. The number of nitrogens with two attached hydrogens (primary N) is 1. The molecule has 0 amide bonds. The van der Waals surface area contributed by atoms with Gasteiger partial charge >= 0.3 is 0 Å². The predicted molar refractivity (Wildman–Crippen MR) is 72.0 cm³/mol. The number of ether oxygens (including phenoxy) is 1. The third kappa shape index (κ3) is 13.8. The van der Waals surface area contributed by atoms with Gasteiger partial charge in [0.25, 0.3) is 6.43 Å². The zero-order valence-corrected chi connectivity index (χ0v) is 11.7. The summed E-state index contributed by atoms with van der Waals surface area (Å²) in [5.74, 6) is 0. The Kier molecular flexibility index (Phi) is 13.1. The van der Waals surface area contributed by atoms with Crippen LogP contribution in [0.25, 0.3) is 0 Å². The molecule has 0 saturated carbocycles. The van der Waals surface area contributed by atoms with Crippen LogP contribution in [0.5, 0.6) is 0 Å². The maximum absolute atomic E-state index is 11.8. The molecule has 0 fully saturated rings. The highest BCUT2D eigenvalue weighted by molar-refractivity contribution is 4.61. The Labute approximate surface area is 110 Å². The van der Waals surface area contributed by atoms with Gasteiger partial charge in [-0.1, -0.05) is 51.9 Å². The molecular formula is C14H29F2NO. The lowest BCUT2D eigenvalue weighted by Crippen LogP contribution is -2.22. The highest BCUT2D eigenvalue weighted by Crippen LogP contribution is 2.10. The summed E-state index contributed by atoms with van der Waals surface area (Å²) < 4.78 is 28.4. The van der Waals surface area contributed by atoms with E-state index in [1.165, 1.54) is 38.5 Å². The van der Waals surface area contributed by atoms with E-state index in [1.807, 2.05) is 0 Å². The average Bonchev–Trinajstić information content (AvgIpc) is 2.33. The SMILES string of the molecule is CCCCCCCCCC(N)CCOCC(F)F. The number of unbranched alkanes of at least 4 members (excludes halogenated alkanes) is 6. The van der Waals surface area contributed by atoms with E-state index in [0.29, 0.717) is 13.0 Å². The van der Waals surface area contributed by atoms with Crippen molar-refractivity contribution in [2.45, 2.75) is 77.2 Å². The van der Waals surface area contributed by atoms with Gasteiger partial charge in [0.05, 0.1) is 0 Å². The summed E-state index contributed by atoms with van der Waals surface area (Å²) in [6, 6.07) is 0.0957. The summed E-state index contributed by atoms with van der Waals surface area (Å²) in [6.07, 6.45) is 8.22. The molecule has 0 heterocycles. The summed E-state index contributed by atoms with van der Waals surface area (Å²) in [5.41, 5.74) is 5.89. The Morgan fingerprint density at radius 2 is 1.56 bits per heavy atom. The van der Waals surface area contributed by atoms with E-state index in [1.54, 1.807) is 0 Å². The molecule has 0 aliphatic heterocycles. The van der Waals surface area contributed by atoms with Gasteiger partial charge in [-0.15, -0.1) is 0 Å². The Hall–Kier alpha value is -0.220. The number of halogens is 2. The smallest absolute Gasteiger partial charge is 0.261 e. The Bertz CT molecular complexity index is 168. The lowest BCUT2D eigenvalue weighted by atomic mass is 10.0. The lowest BCUT2D eigenvalue weighted by molar-refractivity contribution is 0.0150. The Morgan fingerprint density at radius 1 is 0.944 bits per heavy atom. The van der Waals surface area contributed by atoms with Crippen LogP contribution >= 0.6 is 0 Å². The van der Waals surface area contributed by atoms with Crippen LogP contribution in [0.4, 0.5) is 8.78 Å². The van der Waals surface area contributed by atoms with E-state index in [4.69, 9.17) is 10.5 Å². The van der Waals surface area contributed by atoms with Gasteiger partial charge in [-0.2, -0.15) is 0 Å². The fraction of sp³-hybridized carbons (Fsp3) is 1.00. The summed E-state index contributed by atoms with van der Waals surface area (Å²) in [4.78, 5) is 0. The molecule has 4 heteroatoms. The molecule has 0 rings (SSSR count). The van der Waals surface area contributed by atoms with Gasteiger partial charge in [0.1, 0.15) is 6.61 Å². The first-order valence-corrected chi connectivity index (χ1v) is 7.28. The maximum atomic E-state index is 11.8. The minimum absolute atomic E-state index is 0.0957. The van der Waals surface area contributed by atoms with Gasteiger partial charge in [0, 0.05) is 12.6 Å². The Balaban J connectivity index is 3.14. The minimum Gasteiger partial charge on any atom is -0.375 e. The largest absolute Gasteiger partial charge is 0.375 e. The molecule has 110 valence electrons. The molecule has 0 bridgehead atoms. The molecule has 0 aliphatic rings. The van der Waals surface area contributed by atoms with Crippen LogP contribution in [0, 0.1) is 0 Å². The van der Waals surface area contributed by atoms with Crippen molar-refractivity contribution >= 4 is 0 Å². The zero-order chi connectivity index (χ0) is 13.6. The van der Waals surface area contributed by atoms with E-state index >= 15 is 0 Å². The van der Waals surface area contributed by atoms with Gasteiger partial charge in [-0.25, -0.2) is 8.78 Å². The van der Waals surface area contributed by atoms with Gasteiger partial charge in [-0.3, -0.25) is 0 Å². The molecule has 0 aromatic heterocycles. The Morgan fingerprint density at radius 3 is 2.17 bits per heavy atom. The van der Waals surface area contributed by atoms with E-state index < -0.39 is 13.0 Å². The molecule has 0 spiro atoms. The highest BCUT2D eigenvalue weighted by Gasteiger charge is 2.05. The van der Waals surface area contributed by atoms with Crippen molar-refractivity contribution < 1.29 is 13.5 Å². The maximum Gasteiger partial charge on any atom is 0.261 e. The van der Waals surface area contributed by atoms with Crippen LogP contribution in [0.2, 0.25) is 0 Å². The second-order valence-electron chi connectivity index (χ2n) is 4.92. The van der Waals surface area contributed by atoms with Gasteiger partial charge in [0.15, 0.2) is 0 Å². The predicted octanol–water partition coefficient (Wildman–Crippen LogP) is 4.13. The third-order valence-corrected chi connectivity index (χ3v) is 3.06. The molecule has 1 atom stereocenters.